The van der Waals surface area contributed by atoms with Crippen molar-refractivity contribution in [2.75, 3.05) is 20.8 Å². The Labute approximate surface area is 124 Å². The molecule has 0 saturated heterocycles. The molecule has 5 nitrogen and oxygen atoms in total. The average Bonchev–Trinajstić information content (AvgIpc) is 2.93. The second-order valence-electron chi connectivity index (χ2n) is 4.76. The predicted molar refractivity (Wildman–Crippen MR) is 81.0 cm³/mol. The van der Waals surface area contributed by atoms with Gasteiger partial charge in [-0.05, 0) is 30.2 Å². The minimum Gasteiger partial charge on any atom is -0.493 e. The molecule has 0 saturated carbocycles. The van der Waals surface area contributed by atoms with Gasteiger partial charge in [0.2, 0.25) is 0 Å². The van der Waals surface area contributed by atoms with Crippen molar-refractivity contribution in [1.29, 1.82) is 0 Å². The first-order valence-electron chi connectivity index (χ1n) is 6.75. The molecule has 0 radical (unpaired) electrons. The standard InChI is InChI=1S/C16H20N2O3/c1-18-9-7-13(11-18)16(19)17-8-6-12-4-5-14(20-2)15(10-12)21-3/h4-5,7,9-11H,6,8H2,1-3H3,(H,17,19). The van der Waals surface area contributed by atoms with Crippen LogP contribution in [0.15, 0.2) is 36.7 Å². The number of hydrogen-bond donors (Lipinski definition) is 1. The zero-order valence-electron chi connectivity index (χ0n) is 12.6. The molecule has 2 aromatic rings. The van der Waals surface area contributed by atoms with Crippen molar-refractivity contribution in [3.63, 3.8) is 0 Å². The number of benzene rings is 1. The highest BCUT2D eigenvalue weighted by Crippen LogP contribution is 2.27. The van der Waals surface area contributed by atoms with Crippen LogP contribution in [-0.4, -0.2) is 31.2 Å². The third-order valence-corrected chi connectivity index (χ3v) is 3.24. The maximum Gasteiger partial charge on any atom is 0.252 e. The fraction of sp³-hybridized carbons (Fsp3) is 0.312. The second-order valence-corrected chi connectivity index (χ2v) is 4.76. The summed E-state index contributed by atoms with van der Waals surface area (Å²) in [7, 11) is 5.11. The zero-order valence-corrected chi connectivity index (χ0v) is 12.6. The van der Waals surface area contributed by atoms with Crippen LogP contribution >= 0.6 is 0 Å². The number of hydrogen-bond acceptors (Lipinski definition) is 3. The molecular formula is C16H20N2O3. The van der Waals surface area contributed by atoms with Gasteiger partial charge in [-0.3, -0.25) is 4.79 Å². The predicted octanol–water partition coefficient (Wildman–Crippen LogP) is 2.01. The Hall–Kier alpha value is -2.43. The molecule has 0 atom stereocenters. The molecule has 0 aliphatic carbocycles. The third-order valence-electron chi connectivity index (χ3n) is 3.24. The van der Waals surface area contributed by atoms with Gasteiger partial charge < -0.3 is 19.4 Å². The van der Waals surface area contributed by atoms with Gasteiger partial charge in [-0.15, -0.1) is 0 Å². The fourth-order valence-corrected chi connectivity index (χ4v) is 2.10. The minimum atomic E-state index is -0.0592. The lowest BCUT2D eigenvalue weighted by Crippen LogP contribution is -2.25. The zero-order chi connectivity index (χ0) is 15.2. The number of nitrogens with one attached hydrogen (secondary N) is 1. The normalized spacial score (nSPS) is 10.2. The number of amides is 1. The Kier molecular flexibility index (Phi) is 4.87. The van der Waals surface area contributed by atoms with Gasteiger partial charge in [-0.25, -0.2) is 0 Å². The van der Waals surface area contributed by atoms with E-state index in [0.29, 0.717) is 23.6 Å². The first kappa shape index (κ1) is 15.0. The molecule has 5 heteroatoms. The fourth-order valence-electron chi connectivity index (χ4n) is 2.10. The molecule has 21 heavy (non-hydrogen) atoms. The number of aromatic nitrogens is 1. The monoisotopic (exact) mass is 288 g/mol. The summed E-state index contributed by atoms with van der Waals surface area (Å²) in [4.78, 5) is 11.9. The van der Waals surface area contributed by atoms with Gasteiger partial charge in [0.15, 0.2) is 11.5 Å². The number of aryl methyl sites for hydroxylation is 1. The highest BCUT2D eigenvalue weighted by atomic mass is 16.5. The van der Waals surface area contributed by atoms with Crippen LogP contribution in [0.25, 0.3) is 0 Å². The highest BCUT2D eigenvalue weighted by Gasteiger charge is 2.07. The Bertz CT molecular complexity index is 620. The topological polar surface area (TPSA) is 52.5 Å². The Morgan fingerprint density at radius 3 is 2.57 bits per heavy atom. The molecule has 0 unspecified atom stereocenters. The summed E-state index contributed by atoms with van der Waals surface area (Å²) in [6, 6.07) is 7.56. The molecule has 0 fully saturated rings. The van der Waals surface area contributed by atoms with Gasteiger partial charge in [0.1, 0.15) is 0 Å². The molecule has 1 aromatic carbocycles. The van der Waals surface area contributed by atoms with E-state index in [4.69, 9.17) is 9.47 Å². The van der Waals surface area contributed by atoms with Crippen molar-refractivity contribution in [3.05, 3.63) is 47.8 Å². The summed E-state index contributed by atoms with van der Waals surface area (Å²) < 4.78 is 12.3. The first-order valence-corrected chi connectivity index (χ1v) is 6.75. The maximum atomic E-state index is 11.9. The summed E-state index contributed by atoms with van der Waals surface area (Å²) in [6.45, 7) is 0.573. The van der Waals surface area contributed by atoms with Gasteiger partial charge in [0.25, 0.3) is 5.91 Å². The van der Waals surface area contributed by atoms with Crippen molar-refractivity contribution in [1.82, 2.24) is 9.88 Å². The second kappa shape index (κ2) is 6.83. The molecule has 112 valence electrons. The quantitative estimate of drug-likeness (QED) is 0.884. The van der Waals surface area contributed by atoms with E-state index >= 15 is 0 Å². The Balaban J connectivity index is 1.90. The molecule has 0 spiro atoms. The Morgan fingerprint density at radius 2 is 1.95 bits per heavy atom. The SMILES string of the molecule is COc1ccc(CCNC(=O)c2ccn(C)c2)cc1OC. The van der Waals surface area contributed by atoms with Crippen molar-refractivity contribution in [3.8, 4) is 11.5 Å². The van der Waals surface area contributed by atoms with Crippen LogP contribution in [-0.2, 0) is 13.5 Å². The number of methoxy groups -OCH3 is 2. The molecule has 0 aliphatic heterocycles. The van der Waals surface area contributed by atoms with Crippen molar-refractivity contribution in [2.24, 2.45) is 7.05 Å². The smallest absolute Gasteiger partial charge is 0.252 e. The van der Waals surface area contributed by atoms with E-state index in [-0.39, 0.29) is 5.91 Å². The van der Waals surface area contributed by atoms with E-state index in [1.54, 1.807) is 26.5 Å². The van der Waals surface area contributed by atoms with Gasteiger partial charge in [0.05, 0.1) is 19.8 Å². The summed E-state index contributed by atoms with van der Waals surface area (Å²) in [5, 5.41) is 2.90. The van der Waals surface area contributed by atoms with Gasteiger partial charge in [-0.2, -0.15) is 0 Å². The van der Waals surface area contributed by atoms with Crippen LogP contribution < -0.4 is 14.8 Å². The van der Waals surface area contributed by atoms with Crippen LogP contribution in [0.2, 0.25) is 0 Å². The number of nitrogens with zero attached hydrogens (tertiary/aromatic N) is 1. The van der Waals surface area contributed by atoms with E-state index in [1.165, 1.54) is 0 Å². The lowest BCUT2D eigenvalue weighted by molar-refractivity contribution is 0.0954. The number of carbonyl (C=O) groups excluding carboxylic acids is 1. The minimum absolute atomic E-state index is 0.0592. The molecule has 2 rings (SSSR count). The third kappa shape index (κ3) is 3.78. The highest BCUT2D eigenvalue weighted by molar-refractivity contribution is 5.93. The van der Waals surface area contributed by atoms with Gasteiger partial charge in [-0.1, -0.05) is 6.07 Å². The molecule has 0 aliphatic rings. The van der Waals surface area contributed by atoms with E-state index < -0.39 is 0 Å². The Morgan fingerprint density at radius 1 is 1.19 bits per heavy atom. The van der Waals surface area contributed by atoms with Crippen molar-refractivity contribution < 1.29 is 14.3 Å². The van der Waals surface area contributed by atoms with Crippen LogP contribution in [0.1, 0.15) is 15.9 Å². The lowest BCUT2D eigenvalue weighted by atomic mass is 10.1. The van der Waals surface area contributed by atoms with Crippen molar-refractivity contribution >= 4 is 5.91 Å². The average molecular weight is 288 g/mol. The van der Waals surface area contributed by atoms with Crippen LogP contribution in [0.4, 0.5) is 0 Å². The van der Waals surface area contributed by atoms with E-state index in [0.717, 1.165) is 12.0 Å². The van der Waals surface area contributed by atoms with E-state index in [9.17, 15) is 4.79 Å². The largest absolute Gasteiger partial charge is 0.493 e. The van der Waals surface area contributed by atoms with E-state index in [1.807, 2.05) is 36.0 Å². The summed E-state index contributed by atoms with van der Waals surface area (Å²) in [6.07, 6.45) is 4.38. The number of carbonyl (C=O) groups is 1. The summed E-state index contributed by atoms with van der Waals surface area (Å²) in [5.74, 6) is 1.34. The first-order chi connectivity index (χ1) is 10.1. The van der Waals surface area contributed by atoms with E-state index in [2.05, 4.69) is 5.32 Å². The maximum absolute atomic E-state index is 11.9. The number of rotatable bonds is 6. The summed E-state index contributed by atoms with van der Waals surface area (Å²) >= 11 is 0. The molecule has 1 amide bonds. The molecular weight excluding hydrogens is 268 g/mol. The molecule has 1 heterocycles. The van der Waals surface area contributed by atoms with Gasteiger partial charge in [0, 0.05) is 26.0 Å². The van der Waals surface area contributed by atoms with Gasteiger partial charge >= 0.3 is 0 Å². The summed E-state index contributed by atoms with van der Waals surface area (Å²) in [5.41, 5.74) is 1.76. The van der Waals surface area contributed by atoms with Crippen LogP contribution in [0.3, 0.4) is 0 Å². The van der Waals surface area contributed by atoms with Crippen LogP contribution in [0, 0.1) is 0 Å². The van der Waals surface area contributed by atoms with Crippen LogP contribution in [0.5, 0.6) is 11.5 Å². The van der Waals surface area contributed by atoms with Crippen molar-refractivity contribution in [2.45, 2.75) is 6.42 Å². The molecule has 1 aromatic heterocycles. The number of ether oxygens (including phenoxy) is 2. The molecule has 0 bridgehead atoms. The molecule has 1 N–H and O–H groups in total. The lowest BCUT2D eigenvalue weighted by Gasteiger charge is -2.10.